The van der Waals surface area contributed by atoms with E-state index >= 15 is 0 Å². The Morgan fingerprint density at radius 3 is 2.47 bits per heavy atom. The predicted octanol–water partition coefficient (Wildman–Crippen LogP) is 6.04. The summed E-state index contributed by atoms with van der Waals surface area (Å²) in [6.45, 7) is 9.79. The zero-order chi connectivity index (χ0) is 19.4. The summed E-state index contributed by atoms with van der Waals surface area (Å²) in [6.07, 6.45) is 5.30. The van der Waals surface area contributed by atoms with Gasteiger partial charge in [0.15, 0.2) is 0 Å². The lowest BCUT2D eigenvalue weighted by Gasteiger charge is -2.27. The van der Waals surface area contributed by atoms with Crippen LogP contribution in [0.2, 0.25) is 0 Å². The number of hydrogen-bond acceptors (Lipinski definition) is 4. The molecule has 0 atom stereocenters. The standard InChI is InChI=1S/C22H32N4S.3ClH/c1-6-25(4)15-23-20-12-16(2)19(11-17(20)3)13-22-24-21(14-27-22)18-7-9-26(5)10-8-18;;;/h11-12,14-15,18H,6-10,13H2,1-5H3;3*1H/b23-15-;;;. The lowest BCUT2D eigenvalue weighted by atomic mass is 9.94. The molecule has 0 aliphatic carbocycles. The fraction of sp³-hybridized carbons (Fsp3) is 0.545. The van der Waals surface area contributed by atoms with Gasteiger partial charge in [0.25, 0.3) is 0 Å². The highest BCUT2D eigenvalue weighted by Crippen LogP contribution is 2.30. The summed E-state index contributed by atoms with van der Waals surface area (Å²) < 4.78 is 0. The summed E-state index contributed by atoms with van der Waals surface area (Å²) in [5.41, 5.74) is 6.25. The number of hydrogen-bond donors (Lipinski definition) is 0. The van der Waals surface area contributed by atoms with Crippen molar-refractivity contribution in [2.45, 2.75) is 46.0 Å². The SMILES string of the molecule is CCN(C)/C=N\c1cc(C)c(Cc2nc(C3CCN(C)CC3)cs2)cc1C.Cl.Cl.Cl. The Bertz CT molecular complexity index is 802. The number of aliphatic imine (C=N–C) groups is 1. The summed E-state index contributed by atoms with van der Waals surface area (Å²) in [7, 11) is 4.26. The second-order valence-corrected chi connectivity index (χ2v) is 8.75. The topological polar surface area (TPSA) is 31.7 Å². The number of aryl methyl sites for hydroxylation is 2. The summed E-state index contributed by atoms with van der Waals surface area (Å²) in [5.74, 6) is 0.640. The number of rotatable bonds is 6. The molecule has 1 aromatic carbocycles. The number of benzene rings is 1. The van der Waals surface area contributed by atoms with Gasteiger partial charge < -0.3 is 9.80 Å². The van der Waals surface area contributed by atoms with Gasteiger partial charge in [-0.1, -0.05) is 6.07 Å². The first-order chi connectivity index (χ1) is 13.0. The predicted molar refractivity (Wildman–Crippen MR) is 139 cm³/mol. The molecule has 0 radical (unpaired) electrons. The van der Waals surface area contributed by atoms with Crippen LogP contribution in [0, 0.1) is 13.8 Å². The fourth-order valence-corrected chi connectivity index (χ4v) is 4.39. The Kier molecular flexibility index (Phi) is 13.2. The third-order valence-corrected chi connectivity index (χ3v) is 6.46. The van der Waals surface area contributed by atoms with E-state index in [1.807, 2.05) is 24.7 Å². The quantitative estimate of drug-likeness (QED) is 0.363. The second-order valence-electron chi connectivity index (χ2n) is 7.80. The minimum absolute atomic E-state index is 0. The third-order valence-electron chi connectivity index (χ3n) is 5.60. The van der Waals surface area contributed by atoms with Gasteiger partial charge in [0, 0.05) is 31.3 Å². The summed E-state index contributed by atoms with van der Waals surface area (Å²) >= 11 is 1.81. The Labute approximate surface area is 204 Å². The molecule has 1 fully saturated rings. The Hall–Kier alpha value is -0.850. The number of nitrogens with zero attached hydrogens (tertiary/aromatic N) is 4. The van der Waals surface area contributed by atoms with E-state index in [4.69, 9.17) is 4.98 Å². The van der Waals surface area contributed by atoms with Crippen LogP contribution in [-0.4, -0.2) is 54.9 Å². The van der Waals surface area contributed by atoms with Gasteiger partial charge in [-0.3, -0.25) is 0 Å². The maximum absolute atomic E-state index is 4.98. The zero-order valence-electron chi connectivity index (χ0n) is 18.6. The number of likely N-dealkylation sites (tertiary alicyclic amines) is 1. The van der Waals surface area contributed by atoms with Crippen LogP contribution < -0.4 is 0 Å². The number of aromatic nitrogens is 1. The van der Waals surface area contributed by atoms with Crippen molar-refractivity contribution in [3.8, 4) is 0 Å². The van der Waals surface area contributed by atoms with Gasteiger partial charge in [-0.05, 0) is 76.5 Å². The third kappa shape index (κ3) is 7.69. The minimum atomic E-state index is 0. The highest BCUT2D eigenvalue weighted by Gasteiger charge is 2.20. The molecular weight excluding hydrogens is 459 g/mol. The first-order valence-electron chi connectivity index (χ1n) is 9.93. The van der Waals surface area contributed by atoms with Crippen molar-refractivity contribution in [2.75, 3.05) is 33.7 Å². The van der Waals surface area contributed by atoms with Gasteiger partial charge in [0.1, 0.15) is 0 Å². The van der Waals surface area contributed by atoms with Crippen molar-refractivity contribution in [1.82, 2.24) is 14.8 Å². The summed E-state index contributed by atoms with van der Waals surface area (Å²) in [6, 6.07) is 4.49. The van der Waals surface area contributed by atoms with Gasteiger partial charge in [-0.15, -0.1) is 48.6 Å². The van der Waals surface area contributed by atoms with Crippen LogP contribution in [0.3, 0.4) is 0 Å². The molecule has 0 spiro atoms. The zero-order valence-corrected chi connectivity index (χ0v) is 21.8. The normalized spacial score (nSPS) is 14.7. The molecule has 1 aliphatic rings. The van der Waals surface area contributed by atoms with E-state index in [9.17, 15) is 0 Å². The van der Waals surface area contributed by atoms with E-state index in [-0.39, 0.29) is 37.2 Å². The first-order valence-corrected chi connectivity index (χ1v) is 10.8. The molecule has 0 saturated carbocycles. The average Bonchev–Trinajstić information content (AvgIpc) is 3.12. The van der Waals surface area contributed by atoms with E-state index in [2.05, 4.69) is 60.1 Å². The summed E-state index contributed by atoms with van der Waals surface area (Å²) in [5, 5.41) is 3.51. The molecule has 2 aromatic rings. The smallest absolute Gasteiger partial charge is 0.0972 e. The van der Waals surface area contributed by atoms with Crippen LogP contribution in [0.4, 0.5) is 5.69 Å². The maximum atomic E-state index is 4.98. The number of thiazole rings is 1. The number of piperidine rings is 1. The molecule has 0 amide bonds. The molecule has 0 bridgehead atoms. The molecule has 0 unspecified atom stereocenters. The van der Waals surface area contributed by atoms with Gasteiger partial charge in [-0.25, -0.2) is 9.98 Å². The highest BCUT2D eigenvalue weighted by molar-refractivity contribution is 7.09. The van der Waals surface area contributed by atoms with E-state index in [1.165, 1.54) is 53.3 Å². The van der Waals surface area contributed by atoms with Crippen LogP contribution in [0.1, 0.15) is 53.1 Å². The monoisotopic (exact) mass is 492 g/mol. The molecule has 170 valence electrons. The van der Waals surface area contributed by atoms with Crippen molar-refractivity contribution >= 4 is 60.6 Å². The molecule has 3 rings (SSSR count). The van der Waals surface area contributed by atoms with Crippen LogP contribution in [0.25, 0.3) is 0 Å². The maximum Gasteiger partial charge on any atom is 0.0972 e. The largest absolute Gasteiger partial charge is 0.366 e. The average molecular weight is 494 g/mol. The van der Waals surface area contributed by atoms with E-state index in [0.717, 1.165) is 18.7 Å². The Balaban J connectivity index is 0.00000280. The lowest BCUT2D eigenvalue weighted by molar-refractivity contribution is 0.253. The van der Waals surface area contributed by atoms with E-state index < -0.39 is 0 Å². The Morgan fingerprint density at radius 1 is 1.17 bits per heavy atom. The molecule has 1 saturated heterocycles. The second kappa shape index (κ2) is 13.5. The first kappa shape index (κ1) is 29.1. The van der Waals surface area contributed by atoms with Crippen molar-refractivity contribution in [2.24, 2.45) is 4.99 Å². The molecule has 0 N–H and O–H groups in total. The van der Waals surface area contributed by atoms with Crippen molar-refractivity contribution < 1.29 is 0 Å². The highest BCUT2D eigenvalue weighted by atomic mass is 35.5. The van der Waals surface area contributed by atoms with Gasteiger partial charge in [0.2, 0.25) is 0 Å². The molecular formula is C22H35Cl3N4S. The fourth-order valence-electron chi connectivity index (χ4n) is 3.49. The van der Waals surface area contributed by atoms with Crippen LogP contribution >= 0.6 is 48.6 Å². The van der Waals surface area contributed by atoms with Crippen LogP contribution in [0.15, 0.2) is 22.5 Å². The van der Waals surface area contributed by atoms with Crippen molar-refractivity contribution in [3.05, 3.63) is 44.9 Å². The van der Waals surface area contributed by atoms with E-state index in [1.54, 1.807) is 0 Å². The van der Waals surface area contributed by atoms with Gasteiger partial charge in [-0.2, -0.15) is 0 Å². The van der Waals surface area contributed by atoms with Crippen molar-refractivity contribution in [1.29, 1.82) is 0 Å². The molecule has 8 heteroatoms. The molecule has 1 aromatic heterocycles. The molecule has 4 nitrogen and oxygen atoms in total. The van der Waals surface area contributed by atoms with E-state index in [0.29, 0.717) is 5.92 Å². The van der Waals surface area contributed by atoms with Gasteiger partial charge >= 0.3 is 0 Å². The van der Waals surface area contributed by atoms with Crippen LogP contribution in [-0.2, 0) is 6.42 Å². The number of halogens is 3. The van der Waals surface area contributed by atoms with Crippen molar-refractivity contribution in [3.63, 3.8) is 0 Å². The van der Waals surface area contributed by atoms with Gasteiger partial charge in [0.05, 0.1) is 22.7 Å². The molecule has 30 heavy (non-hydrogen) atoms. The Morgan fingerprint density at radius 2 is 1.83 bits per heavy atom. The lowest BCUT2D eigenvalue weighted by Crippen LogP contribution is -2.29. The molecule has 2 heterocycles. The minimum Gasteiger partial charge on any atom is -0.366 e. The summed E-state index contributed by atoms with van der Waals surface area (Å²) in [4.78, 5) is 14.1. The van der Waals surface area contributed by atoms with Crippen LogP contribution in [0.5, 0.6) is 0 Å². The molecule has 1 aliphatic heterocycles.